The van der Waals surface area contributed by atoms with Crippen molar-refractivity contribution in [3.8, 4) is 0 Å². The lowest BCUT2D eigenvalue weighted by Crippen LogP contribution is -2.39. The van der Waals surface area contributed by atoms with Gasteiger partial charge in [0.05, 0.1) is 32.4 Å². The van der Waals surface area contributed by atoms with Crippen LogP contribution in [0.3, 0.4) is 0 Å². The molecule has 0 aliphatic rings. The lowest BCUT2D eigenvalue weighted by Gasteiger charge is -2.17. The third-order valence-corrected chi connectivity index (χ3v) is 7.43. The van der Waals surface area contributed by atoms with Gasteiger partial charge in [0.1, 0.15) is 0 Å². The number of amides is 1. The van der Waals surface area contributed by atoms with Crippen molar-refractivity contribution in [3.63, 3.8) is 0 Å². The zero-order valence-corrected chi connectivity index (χ0v) is 18.8. The van der Waals surface area contributed by atoms with Crippen molar-refractivity contribution in [3.05, 3.63) is 68.2 Å². The van der Waals surface area contributed by atoms with Gasteiger partial charge in [-0.05, 0) is 50.2 Å². The van der Waals surface area contributed by atoms with Gasteiger partial charge < -0.3 is 14.5 Å². The maximum absolute atomic E-state index is 13.0. The van der Waals surface area contributed by atoms with Gasteiger partial charge in [-0.1, -0.05) is 0 Å². The SMILES string of the molecule is CC(C)S(=O)(=O)c1cc2c(cc1NC(=O)c1ccc(C(F)(F)F)cc1)n(C)c(=O)c(=O)n2C. The lowest BCUT2D eigenvalue weighted by atomic mass is 10.1. The van der Waals surface area contributed by atoms with Crippen molar-refractivity contribution in [2.45, 2.75) is 30.2 Å². The van der Waals surface area contributed by atoms with Crippen molar-refractivity contribution >= 4 is 32.5 Å². The van der Waals surface area contributed by atoms with Gasteiger partial charge in [0.25, 0.3) is 5.91 Å². The fraction of sp³-hybridized carbons (Fsp3) is 0.286. The summed E-state index contributed by atoms with van der Waals surface area (Å²) in [6, 6.07) is 5.84. The first kappa shape index (κ1) is 24.2. The number of aromatic nitrogens is 2. The van der Waals surface area contributed by atoms with Crippen LogP contribution in [0.1, 0.15) is 29.8 Å². The molecule has 1 N–H and O–H groups in total. The third-order valence-electron chi connectivity index (χ3n) is 5.24. The van der Waals surface area contributed by atoms with E-state index in [0.29, 0.717) is 0 Å². The summed E-state index contributed by atoms with van der Waals surface area (Å²) in [7, 11) is -1.33. The second-order valence-corrected chi connectivity index (χ2v) is 10.2. The Hall–Kier alpha value is -3.41. The molecular weight excluding hydrogens is 463 g/mol. The van der Waals surface area contributed by atoms with Gasteiger partial charge in [0.2, 0.25) is 0 Å². The number of carbonyl (C=O) groups excluding carboxylic acids is 1. The number of nitrogens with one attached hydrogen (secondary N) is 1. The molecule has 0 spiro atoms. The molecule has 0 saturated heterocycles. The Morgan fingerprint density at radius 3 is 1.88 bits per heavy atom. The predicted molar refractivity (Wildman–Crippen MR) is 116 cm³/mol. The molecule has 0 fully saturated rings. The first-order chi connectivity index (χ1) is 15.2. The van der Waals surface area contributed by atoms with Gasteiger partial charge in [0, 0.05) is 19.7 Å². The fourth-order valence-corrected chi connectivity index (χ4v) is 4.39. The molecule has 0 aliphatic heterocycles. The van der Waals surface area contributed by atoms with E-state index in [1.807, 2.05) is 0 Å². The van der Waals surface area contributed by atoms with Crippen LogP contribution >= 0.6 is 0 Å². The summed E-state index contributed by atoms with van der Waals surface area (Å²) >= 11 is 0. The highest BCUT2D eigenvalue weighted by Gasteiger charge is 2.30. The molecule has 0 atom stereocenters. The summed E-state index contributed by atoms with van der Waals surface area (Å²) < 4.78 is 66.4. The Morgan fingerprint density at radius 2 is 1.42 bits per heavy atom. The number of hydrogen-bond acceptors (Lipinski definition) is 5. The minimum atomic E-state index is -4.58. The summed E-state index contributed by atoms with van der Waals surface area (Å²) in [6.45, 7) is 2.86. The van der Waals surface area contributed by atoms with Crippen molar-refractivity contribution < 1.29 is 26.4 Å². The van der Waals surface area contributed by atoms with Crippen molar-refractivity contribution in [2.24, 2.45) is 14.1 Å². The molecule has 0 bridgehead atoms. The Bertz CT molecular complexity index is 1490. The summed E-state index contributed by atoms with van der Waals surface area (Å²) in [5.74, 6) is -0.849. The number of fused-ring (bicyclic) bond motifs is 1. The highest BCUT2D eigenvalue weighted by Crippen LogP contribution is 2.31. The van der Waals surface area contributed by atoms with Crippen molar-refractivity contribution in [2.75, 3.05) is 5.32 Å². The molecule has 1 aromatic heterocycles. The molecule has 3 aromatic rings. The van der Waals surface area contributed by atoms with E-state index in [9.17, 15) is 36.0 Å². The zero-order chi connectivity index (χ0) is 24.9. The molecule has 1 heterocycles. The normalized spacial score (nSPS) is 12.4. The van der Waals surface area contributed by atoms with E-state index in [-0.39, 0.29) is 27.2 Å². The number of hydrogen-bond donors (Lipinski definition) is 1. The number of carbonyl (C=O) groups is 1. The van der Waals surface area contributed by atoms with Gasteiger partial charge in [-0.15, -0.1) is 0 Å². The largest absolute Gasteiger partial charge is 0.416 e. The van der Waals surface area contributed by atoms with Crippen LogP contribution in [0.5, 0.6) is 0 Å². The molecule has 0 radical (unpaired) electrons. The number of rotatable bonds is 4. The molecule has 1 amide bonds. The second kappa shape index (κ2) is 8.18. The van der Waals surface area contributed by atoms with Crippen LogP contribution in [0.4, 0.5) is 18.9 Å². The first-order valence-corrected chi connectivity index (χ1v) is 11.2. The quantitative estimate of drug-likeness (QED) is 0.575. The maximum Gasteiger partial charge on any atom is 0.416 e. The second-order valence-electron chi connectivity index (χ2n) is 7.69. The number of aryl methyl sites for hydroxylation is 2. The van der Waals surface area contributed by atoms with E-state index in [1.54, 1.807) is 0 Å². The van der Waals surface area contributed by atoms with E-state index < -0.39 is 43.9 Å². The molecule has 8 nitrogen and oxygen atoms in total. The Labute approximate surface area is 186 Å². The number of nitrogens with zero attached hydrogens (tertiary/aromatic N) is 2. The molecule has 33 heavy (non-hydrogen) atoms. The average molecular weight is 483 g/mol. The highest BCUT2D eigenvalue weighted by molar-refractivity contribution is 7.92. The minimum absolute atomic E-state index is 0.134. The van der Waals surface area contributed by atoms with E-state index in [4.69, 9.17) is 0 Å². The van der Waals surface area contributed by atoms with Gasteiger partial charge >= 0.3 is 17.3 Å². The van der Waals surface area contributed by atoms with E-state index in [1.165, 1.54) is 40.1 Å². The molecule has 3 rings (SSSR count). The van der Waals surface area contributed by atoms with Crippen molar-refractivity contribution in [1.29, 1.82) is 0 Å². The molecule has 176 valence electrons. The monoisotopic (exact) mass is 483 g/mol. The van der Waals surface area contributed by atoms with Gasteiger partial charge in [-0.25, -0.2) is 8.42 Å². The topological polar surface area (TPSA) is 107 Å². The Balaban J connectivity index is 2.21. The van der Waals surface area contributed by atoms with E-state index >= 15 is 0 Å². The number of halogens is 3. The number of alkyl halides is 3. The summed E-state index contributed by atoms with van der Waals surface area (Å²) in [5, 5.41) is 1.53. The van der Waals surface area contributed by atoms with Gasteiger partial charge in [0.15, 0.2) is 9.84 Å². The summed E-state index contributed by atoms with van der Waals surface area (Å²) in [4.78, 5) is 36.8. The lowest BCUT2D eigenvalue weighted by molar-refractivity contribution is -0.137. The molecule has 0 aliphatic carbocycles. The van der Waals surface area contributed by atoms with Crippen LogP contribution in [0.2, 0.25) is 0 Å². The van der Waals surface area contributed by atoms with Crippen LogP contribution in [0.15, 0.2) is 50.9 Å². The molecule has 2 aromatic carbocycles. The van der Waals surface area contributed by atoms with Crippen LogP contribution in [0.25, 0.3) is 11.0 Å². The average Bonchev–Trinajstić information content (AvgIpc) is 2.75. The first-order valence-electron chi connectivity index (χ1n) is 9.62. The summed E-state index contributed by atoms with van der Waals surface area (Å²) in [6.07, 6.45) is -4.58. The van der Waals surface area contributed by atoms with Gasteiger partial charge in [-0.2, -0.15) is 13.2 Å². The molecule has 12 heteroatoms. The van der Waals surface area contributed by atoms with Crippen LogP contribution in [0, 0.1) is 0 Å². The maximum atomic E-state index is 13.0. The third kappa shape index (κ3) is 4.30. The smallest absolute Gasteiger partial charge is 0.321 e. The van der Waals surface area contributed by atoms with Crippen LogP contribution in [-0.2, 0) is 30.1 Å². The number of anilines is 1. The highest BCUT2D eigenvalue weighted by atomic mass is 32.2. The Kier molecular flexibility index (Phi) is 6.01. The van der Waals surface area contributed by atoms with E-state index in [2.05, 4.69) is 5.32 Å². The fourth-order valence-electron chi connectivity index (χ4n) is 3.19. The molecule has 0 saturated carbocycles. The zero-order valence-electron chi connectivity index (χ0n) is 18.0. The van der Waals surface area contributed by atoms with Crippen LogP contribution < -0.4 is 16.4 Å². The minimum Gasteiger partial charge on any atom is -0.321 e. The Morgan fingerprint density at radius 1 is 0.939 bits per heavy atom. The number of sulfone groups is 1. The standard InChI is InChI=1S/C21H20F3N3O5S/c1-11(2)33(31,32)17-10-16-15(26(3)19(29)20(30)27(16)4)9-14(17)25-18(28)12-5-7-13(8-6-12)21(22,23)24/h5-11H,1-4H3,(H,25,28). The van der Waals surface area contributed by atoms with Crippen LogP contribution in [-0.4, -0.2) is 28.7 Å². The molecule has 0 unspecified atom stereocenters. The van der Waals surface area contributed by atoms with Gasteiger partial charge in [-0.3, -0.25) is 14.4 Å². The number of benzene rings is 2. The predicted octanol–water partition coefficient (Wildman–Crippen LogP) is 2.69. The van der Waals surface area contributed by atoms with E-state index in [0.717, 1.165) is 33.4 Å². The summed E-state index contributed by atoms with van der Waals surface area (Å²) in [5.41, 5.74) is -2.64. The van der Waals surface area contributed by atoms with Crippen molar-refractivity contribution in [1.82, 2.24) is 9.13 Å². The molecular formula is C21H20F3N3O5S.